The Balaban J connectivity index is 1.76. The Morgan fingerprint density at radius 2 is 2.09 bits per heavy atom. The highest BCUT2D eigenvalue weighted by atomic mass is 16.6. The predicted octanol–water partition coefficient (Wildman–Crippen LogP) is 2.90. The number of rotatable bonds is 4. The molecule has 1 aromatic carbocycles. The summed E-state index contributed by atoms with van der Waals surface area (Å²) in [6.45, 7) is 6.42. The van der Waals surface area contributed by atoms with Gasteiger partial charge in [0.15, 0.2) is 0 Å². The summed E-state index contributed by atoms with van der Waals surface area (Å²) in [5, 5.41) is 19.6. The first-order valence-corrected chi connectivity index (χ1v) is 7.97. The van der Waals surface area contributed by atoms with Crippen LogP contribution in [0.2, 0.25) is 0 Å². The van der Waals surface area contributed by atoms with E-state index in [4.69, 9.17) is 0 Å². The summed E-state index contributed by atoms with van der Waals surface area (Å²) in [5.74, 6) is 1.41. The van der Waals surface area contributed by atoms with E-state index in [1.807, 2.05) is 19.1 Å². The van der Waals surface area contributed by atoms with E-state index in [0.29, 0.717) is 5.92 Å². The largest absolute Gasteiger partial charge is 0.366 e. The molecule has 0 amide bonds. The summed E-state index contributed by atoms with van der Waals surface area (Å²) < 4.78 is 2.08. The van der Waals surface area contributed by atoms with Crippen molar-refractivity contribution >= 4 is 11.4 Å². The molecule has 1 aromatic heterocycles. The average molecular weight is 315 g/mol. The van der Waals surface area contributed by atoms with E-state index in [2.05, 4.69) is 26.6 Å². The van der Waals surface area contributed by atoms with Crippen LogP contribution in [0.25, 0.3) is 0 Å². The summed E-state index contributed by atoms with van der Waals surface area (Å²) >= 11 is 0. The molecule has 0 radical (unpaired) electrons. The van der Waals surface area contributed by atoms with E-state index < -0.39 is 0 Å². The number of anilines is 1. The number of nitro benzene ring substituents is 1. The molecule has 7 heteroatoms. The zero-order chi connectivity index (χ0) is 16.4. The van der Waals surface area contributed by atoms with Crippen molar-refractivity contribution in [3.63, 3.8) is 0 Å². The number of benzene rings is 1. The molecule has 2 heterocycles. The maximum atomic E-state index is 11.3. The van der Waals surface area contributed by atoms with Gasteiger partial charge in [-0.2, -0.15) is 0 Å². The fourth-order valence-electron chi connectivity index (χ4n) is 3.25. The van der Waals surface area contributed by atoms with Gasteiger partial charge in [0.05, 0.1) is 4.92 Å². The maximum absolute atomic E-state index is 11.3. The standard InChI is InChI=1S/C16H21N5O2/c1-3-19-11-17-18-16(19)13-6-8-20(9-7-13)14-5-4-12(2)10-15(14)21(22)23/h4-5,10-11,13H,3,6-9H2,1-2H3. The quantitative estimate of drug-likeness (QED) is 0.640. The first kappa shape index (κ1) is 15.5. The molecule has 2 aromatic rings. The Labute approximate surface area is 135 Å². The monoisotopic (exact) mass is 315 g/mol. The lowest BCUT2D eigenvalue weighted by Crippen LogP contribution is -2.34. The van der Waals surface area contributed by atoms with E-state index in [-0.39, 0.29) is 10.6 Å². The highest BCUT2D eigenvalue weighted by Gasteiger charge is 2.27. The molecule has 1 saturated heterocycles. The Bertz CT molecular complexity index is 704. The molecular formula is C16H21N5O2. The minimum atomic E-state index is -0.290. The molecule has 122 valence electrons. The number of aryl methyl sites for hydroxylation is 2. The molecule has 0 N–H and O–H groups in total. The number of aromatic nitrogens is 3. The molecule has 0 aliphatic carbocycles. The van der Waals surface area contributed by atoms with Crippen molar-refractivity contribution in [1.29, 1.82) is 0 Å². The molecule has 0 unspecified atom stereocenters. The number of hydrogen-bond acceptors (Lipinski definition) is 5. The van der Waals surface area contributed by atoms with Crippen LogP contribution in [0.1, 0.15) is 37.1 Å². The van der Waals surface area contributed by atoms with Gasteiger partial charge in [0, 0.05) is 31.6 Å². The minimum absolute atomic E-state index is 0.195. The number of hydrogen-bond donors (Lipinski definition) is 0. The van der Waals surface area contributed by atoms with Gasteiger partial charge in [-0.1, -0.05) is 6.07 Å². The molecule has 7 nitrogen and oxygen atoms in total. The molecule has 0 saturated carbocycles. The molecule has 23 heavy (non-hydrogen) atoms. The van der Waals surface area contributed by atoms with Gasteiger partial charge in [0.25, 0.3) is 5.69 Å². The van der Waals surface area contributed by atoms with Crippen LogP contribution in [0.3, 0.4) is 0 Å². The summed E-state index contributed by atoms with van der Waals surface area (Å²) in [6, 6.07) is 5.44. The Hall–Kier alpha value is -2.44. The predicted molar refractivity (Wildman–Crippen MR) is 87.7 cm³/mol. The molecule has 0 bridgehead atoms. The van der Waals surface area contributed by atoms with Gasteiger partial charge in [0.2, 0.25) is 0 Å². The van der Waals surface area contributed by atoms with Crippen LogP contribution < -0.4 is 4.90 Å². The Morgan fingerprint density at radius 1 is 1.35 bits per heavy atom. The summed E-state index contributed by atoms with van der Waals surface area (Å²) in [7, 11) is 0. The molecule has 3 rings (SSSR count). The first-order valence-electron chi connectivity index (χ1n) is 7.97. The van der Waals surface area contributed by atoms with Crippen LogP contribution in [-0.2, 0) is 6.54 Å². The van der Waals surface area contributed by atoms with Crippen LogP contribution in [-0.4, -0.2) is 32.8 Å². The SMILES string of the molecule is CCn1cnnc1C1CCN(c2ccc(C)cc2[N+](=O)[O-])CC1. The molecular weight excluding hydrogens is 294 g/mol. The fraction of sp³-hybridized carbons (Fsp3) is 0.500. The van der Waals surface area contributed by atoms with Gasteiger partial charge < -0.3 is 9.47 Å². The molecule has 1 aliphatic heterocycles. The normalized spacial score (nSPS) is 15.8. The Kier molecular flexibility index (Phi) is 4.27. The first-order chi connectivity index (χ1) is 11.1. The molecule has 0 atom stereocenters. The van der Waals surface area contributed by atoms with Crippen LogP contribution >= 0.6 is 0 Å². The lowest BCUT2D eigenvalue weighted by atomic mass is 9.95. The van der Waals surface area contributed by atoms with Gasteiger partial charge >= 0.3 is 0 Å². The van der Waals surface area contributed by atoms with E-state index >= 15 is 0 Å². The van der Waals surface area contributed by atoms with Gasteiger partial charge in [-0.05, 0) is 38.3 Å². The van der Waals surface area contributed by atoms with E-state index in [1.54, 1.807) is 12.4 Å². The molecule has 1 fully saturated rings. The lowest BCUT2D eigenvalue weighted by molar-refractivity contribution is -0.384. The van der Waals surface area contributed by atoms with Gasteiger partial charge in [-0.25, -0.2) is 0 Å². The van der Waals surface area contributed by atoms with Crippen molar-refractivity contribution in [3.8, 4) is 0 Å². The van der Waals surface area contributed by atoms with Crippen molar-refractivity contribution < 1.29 is 4.92 Å². The summed E-state index contributed by atoms with van der Waals surface area (Å²) in [6.07, 6.45) is 3.64. The number of piperidine rings is 1. The highest BCUT2D eigenvalue weighted by Crippen LogP contribution is 2.34. The zero-order valence-electron chi connectivity index (χ0n) is 13.5. The van der Waals surface area contributed by atoms with Crippen LogP contribution in [0.4, 0.5) is 11.4 Å². The Morgan fingerprint density at radius 3 is 2.74 bits per heavy atom. The van der Waals surface area contributed by atoms with Crippen LogP contribution in [0.15, 0.2) is 24.5 Å². The lowest BCUT2D eigenvalue weighted by Gasteiger charge is -2.33. The average Bonchev–Trinajstić information content (AvgIpc) is 3.03. The van der Waals surface area contributed by atoms with Crippen molar-refractivity contribution in [1.82, 2.24) is 14.8 Å². The molecule has 1 aliphatic rings. The minimum Gasteiger partial charge on any atom is -0.366 e. The summed E-state index contributed by atoms with van der Waals surface area (Å²) in [5.41, 5.74) is 1.82. The summed E-state index contributed by atoms with van der Waals surface area (Å²) in [4.78, 5) is 13.1. The number of nitrogens with zero attached hydrogens (tertiary/aromatic N) is 5. The van der Waals surface area contributed by atoms with Crippen molar-refractivity contribution in [3.05, 3.63) is 46.0 Å². The van der Waals surface area contributed by atoms with Crippen molar-refractivity contribution in [2.75, 3.05) is 18.0 Å². The highest BCUT2D eigenvalue weighted by molar-refractivity contribution is 5.64. The van der Waals surface area contributed by atoms with Gasteiger partial charge in [-0.15, -0.1) is 10.2 Å². The fourth-order valence-corrected chi connectivity index (χ4v) is 3.25. The van der Waals surface area contributed by atoms with Crippen molar-refractivity contribution in [2.45, 2.75) is 39.2 Å². The molecule has 0 spiro atoms. The van der Waals surface area contributed by atoms with Crippen LogP contribution in [0.5, 0.6) is 0 Å². The van der Waals surface area contributed by atoms with E-state index in [9.17, 15) is 10.1 Å². The third kappa shape index (κ3) is 3.04. The van der Waals surface area contributed by atoms with Gasteiger partial charge in [0.1, 0.15) is 17.8 Å². The smallest absolute Gasteiger partial charge is 0.292 e. The van der Waals surface area contributed by atoms with E-state index in [0.717, 1.165) is 49.6 Å². The second-order valence-corrected chi connectivity index (χ2v) is 5.99. The van der Waals surface area contributed by atoms with Crippen LogP contribution in [0, 0.1) is 17.0 Å². The third-order valence-corrected chi connectivity index (χ3v) is 4.51. The number of nitro groups is 1. The second kappa shape index (κ2) is 6.36. The third-order valence-electron chi connectivity index (χ3n) is 4.51. The van der Waals surface area contributed by atoms with Crippen molar-refractivity contribution in [2.24, 2.45) is 0 Å². The zero-order valence-corrected chi connectivity index (χ0v) is 13.5. The topological polar surface area (TPSA) is 77.1 Å². The van der Waals surface area contributed by atoms with E-state index in [1.165, 1.54) is 0 Å². The van der Waals surface area contributed by atoms with Gasteiger partial charge in [-0.3, -0.25) is 10.1 Å². The second-order valence-electron chi connectivity index (χ2n) is 5.99. The maximum Gasteiger partial charge on any atom is 0.292 e.